The van der Waals surface area contributed by atoms with Gasteiger partial charge in [-0.1, -0.05) is 54.1 Å². The van der Waals surface area contributed by atoms with Gasteiger partial charge in [0, 0.05) is 30.9 Å². The Labute approximate surface area is 182 Å². The van der Waals surface area contributed by atoms with Crippen LogP contribution in [-0.4, -0.2) is 26.7 Å². The highest BCUT2D eigenvalue weighted by atomic mass is 16.2. The van der Waals surface area contributed by atoms with Crippen LogP contribution >= 0.6 is 0 Å². The van der Waals surface area contributed by atoms with E-state index in [9.17, 15) is 4.79 Å². The lowest BCUT2D eigenvalue weighted by molar-refractivity contribution is -0.126. The van der Waals surface area contributed by atoms with Gasteiger partial charge in [0.25, 0.3) is 0 Å². The van der Waals surface area contributed by atoms with Gasteiger partial charge in [-0.15, -0.1) is 0 Å². The number of pyridine rings is 1. The summed E-state index contributed by atoms with van der Waals surface area (Å²) in [5.74, 6) is 0.0337. The summed E-state index contributed by atoms with van der Waals surface area (Å²) in [5, 5.41) is 0. The average molecular weight is 408 g/mol. The molecule has 0 saturated carbocycles. The predicted molar refractivity (Wildman–Crippen MR) is 125 cm³/mol. The number of carbonyl (C=O) groups is 1. The van der Waals surface area contributed by atoms with E-state index in [4.69, 9.17) is 4.98 Å². The molecule has 1 aliphatic heterocycles. The molecule has 0 fully saturated rings. The van der Waals surface area contributed by atoms with E-state index in [0.717, 1.165) is 41.1 Å². The second-order valence-electron chi connectivity index (χ2n) is 8.26. The first kappa shape index (κ1) is 19.3. The molecule has 0 bridgehead atoms. The van der Waals surface area contributed by atoms with Crippen molar-refractivity contribution >= 4 is 17.6 Å². The van der Waals surface area contributed by atoms with Gasteiger partial charge in [0.2, 0.25) is 5.91 Å². The van der Waals surface area contributed by atoms with Crippen LogP contribution in [0.1, 0.15) is 27.9 Å². The molecule has 0 radical (unpaired) electrons. The zero-order valence-corrected chi connectivity index (χ0v) is 17.9. The molecule has 4 heteroatoms. The van der Waals surface area contributed by atoms with E-state index in [1.54, 1.807) is 6.08 Å². The van der Waals surface area contributed by atoms with Gasteiger partial charge >= 0.3 is 0 Å². The van der Waals surface area contributed by atoms with Gasteiger partial charge < -0.3 is 4.90 Å². The van der Waals surface area contributed by atoms with Gasteiger partial charge in [0.1, 0.15) is 5.65 Å². The molecule has 5 rings (SSSR count). The second-order valence-corrected chi connectivity index (χ2v) is 8.26. The van der Waals surface area contributed by atoms with E-state index in [2.05, 4.69) is 72.8 Å². The lowest BCUT2D eigenvalue weighted by atomic mass is 10.00. The maximum Gasteiger partial charge on any atom is 0.246 e. The van der Waals surface area contributed by atoms with Crippen LogP contribution in [0.15, 0.2) is 72.9 Å². The van der Waals surface area contributed by atoms with Gasteiger partial charge in [-0.25, -0.2) is 4.98 Å². The summed E-state index contributed by atoms with van der Waals surface area (Å²) < 4.78 is 2.05. The lowest BCUT2D eigenvalue weighted by Crippen LogP contribution is -2.34. The first-order valence-corrected chi connectivity index (χ1v) is 10.7. The fourth-order valence-corrected chi connectivity index (χ4v) is 4.19. The van der Waals surface area contributed by atoms with Crippen molar-refractivity contribution in [3.63, 3.8) is 0 Å². The molecule has 31 heavy (non-hydrogen) atoms. The van der Waals surface area contributed by atoms with Crippen molar-refractivity contribution in [1.29, 1.82) is 0 Å². The van der Waals surface area contributed by atoms with Gasteiger partial charge in [0.05, 0.1) is 11.4 Å². The summed E-state index contributed by atoms with van der Waals surface area (Å²) in [6.07, 6.45) is 6.53. The number of nitrogens with zero attached hydrogens (tertiary/aromatic N) is 3. The largest absolute Gasteiger partial charge is 0.334 e. The van der Waals surface area contributed by atoms with Crippen LogP contribution in [-0.2, 0) is 17.8 Å². The van der Waals surface area contributed by atoms with Crippen molar-refractivity contribution in [3.8, 4) is 11.3 Å². The normalized spacial score (nSPS) is 13.7. The highest BCUT2D eigenvalue weighted by Crippen LogP contribution is 2.27. The molecule has 1 aliphatic rings. The summed E-state index contributed by atoms with van der Waals surface area (Å²) >= 11 is 0. The number of benzene rings is 2. The summed E-state index contributed by atoms with van der Waals surface area (Å²) in [4.78, 5) is 19.8. The topological polar surface area (TPSA) is 37.6 Å². The fourth-order valence-electron chi connectivity index (χ4n) is 4.19. The van der Waals surface area contributed by atoms with Crippen molar-refractivity contribution in [3.05, 3.63) is 101 Å². The molecule has 4 aromatic rings. The van der Waals surface area contributed by atoms with E-state index >= 15 is 0 Å². The van der Waals surface area contributed by atoms with Crippen molar-refractivity contribution in [2.24, 2.45) is 0 Å². The number of aromatic nitrogens is 2. The average Bonchev–Trinajstić information content (AvgIpc) is 3.15. The maximum absolute atomic E-state index is 13.0. The molecular formula is C27H25N3O. The van der Waals surface area contributed by atoms with Crippen molar-refractivity contribution in [2.75, 3.05) is 6.54 Å². The summed E-state index contributed by atoms with van der Waals surface area (Å²) in [5.41, 5.74) is 8.69. The number of hydrogen-bond donors (Lipinski definition) is 0. The molecule has 2 aromatic carbocycles. The number of carbonyl (C=O) groups excluding carboxylic acids is 1. The van der Waals surface area contributed by atoms with Crippen molar-refractivity contribution in [2.45, 2.75) is 26.8 Å². The van der Waals surface area contributed by atoms with E-state index in [1.165, 1.54) is 16.7 Å². The molecule has 0 spiro atoms. The van der Waals surface area contributed by atoms with Crippen LogP contribution in [0.25, 0.3) is 23.0 Å². The number of aryl methyl sites for hydroxylation is 2. The van der Waals surface area contributed by atoms with Crippen LogP contribution in [0.4, 0.5) is 0 Å². The second kappa shape index (κ2) is 7.88. The standard InChI is InChI=1S/C27H25N3O/c1-19-7-9-22(10-8-19)27-24(30-16-13-20(2)17-25(30)28-27)11-12-26(31)29-15-14-21-5-3-4-6-23(21)18-29/h3-13,16-17H,14-15,18H2,1-2H3/b12-11+. The van der Waals surface area contributed by atoms with Gasteiger partial charge in [-0.2, -0.15) is 0 Å². The summed E-state index contributed by atoms with van der Waals surface area (Å²) in [7, 11) is 0. The molecule has 1 amide bonds. The summed E-state index contributed by atoms with van der Waals surface area (Å²) in [6.45, 7) is 5.55. The Balaban J connectivity index is 1.49. The smallest absolute Gasteiger partial charge is 0.246 e. The Morgan fingerprint density at radius 2 is 1.74 bits per heavy atom. The molecule has 2 aromatic heterocycles. The Hall–Kier alpha value is -3.66. The molecule has 0 N–H and O–H groups in total. The number of imidazole rings is 1. The highest BCUT2D eigenvalue weighted by Gasteiger charge is 2.19. The van der Waals surface area contributed by atoms with Crippen LogP contribution in [0, 0.1) is 13.8 Å². The lowest BCUT2D eigenvalue weighted by Gasteiger charge is -2.27. The van der Waals surface area contributed by atoms with E-state index < -0.39 is 0 Å². The van der Waals surface area contributed by atoms with E-state index in [-0.39, 0.29) is 5.91 Å². The first-order valence-electron chi connectivity index (χ1n) is 10.7. The number of amides is 1. The van der Waals surface area contributed by atoms with Crippen LogP contribution < -0.4 is 0 Å². The number of rotatable bonds is 3. The molecule has 0 saturated heterocycles. The molecule has 3 heterocycles. The zero-order chi connectivity index (χ0) is 21.4. The van der Waals surface area contributed by atoms with Crippen LogP contribution in [0.3, 0.4) is 0 Å². The molecular weight excluding hydrogens is 382 g/mol. The molecule has 0 unspecified atom stereocenters. The van der Waals surface area contributed by atoms with Gasteiger partial charge in [0.15, 0.2) is 0 Å². The quantitative estimate of drug-likeness (QED) is 0.437. The Morgan fingerprint density at radius 1 is 0.968 bits per heavy atom. The Kier molecular flexibility index (Phi) is 4.91. The van der Waals surface area contributed by atoms with Gasteiger partial charge in [-0.3, -0.25) is 9.20 Å². The molecule has 0 atom stereocenters. The third-order valence-electron chi connectivity index (χ3n) is 5.97. The maximum atomic E-state index is 13.0. The third kappa shape index (κ3) is 3.77. The van der Waals surface area contributed by atoms with Crippen LogP contribution in [0.5, 0.6) is 0 Å². The molecule has 4 nitrogen and oxygen atoms in total. The number of hydrogen-bond acceptors (Lipinski definition) is 2. The Bertz CT molecular complexity index is 1300. The van der Waals surface area contributed by atoms with E-state index in [1.807, 2.05) is 23.2 Å². The highest BCUT2D eigenvalue weighted by molar-refractivity contribution is 5.93. The van der Waals surface area contributed by atoms with Crippen molar-refractivity contribution < 1.29 is 4.79 Å². The minimum atomic E-state index is 0.0337. The van der Waals surface area contributed by atoms with Gasteiger partial charge in [-0.05, 0) is 55.2 Å². The Morgan fingerprint density at radius 3 is 2.55 bits per heavy atom. The summed E-state index contributed by atoms with van der Waals surface area (Å²) in [6, 6.07) is 20.9. The van der Waals surface area contributed by atoms with Crippen molar-refractivity contribution in [1.82, 2.24) is 14.3 Å². The first-order chi connectivity index (χ1) is 15.1. The zero-order valence-electron chi connectivity index (χ0n) is 17.9. The molecule has 0 aliphatic carbocycles. The number of fused-ring (bicyclic) bond motifs is 2. The minimum Gasteiger partial charge on any atom is -0.334 e. The molecule has 154 valence electrons. The monoisotopic (exact) mass is 407 g/mol. The predicted octanol–water partition coefficient (Wildman–Crippen LogP) is 5.22. The SMILES string of the molecule is Cc1ccc(-c2nc3cc(C)ccn3c2/C=C/C(=O)N2CCc3ccccc3C2)cc1. The fraction of sp³-hybridized carbons (Fsp3) is 0.185. The van der Waals surface area contributed by atoms with Crippen LogP contribution in [0.2, 0.25) is 0 Å². The minimum absolute atomic E-state index is 0.0337. The third-order valence-corrected chi connectivity index (χ3v) is 5.97. The van der Waals surface area contributed by atoms with E-state index in [0.29, 0.717) is 6.54 Å².